The molecule has 21 heavy (non-hydrogen) atoms. The van der Waals surface area contributed by atoms with E-state index in [0.717, 1.165) is 34.2 Å². The van der Waals surface area contributed by atoms with E-state index in [1.54, 1.807) is 14.2 Å². The molecule has 0 bridgehead atoms. The fraction of sp³-hybridized carbons (Fsp3) is 0.294. The second-order valence-electron chi connectivity index (χ2n) is 4.73. The Morgan fingerprint density at radius 3 is 2.43 bits per heavy atom. The molecule has 0 aliphatic carbocycles. The van der Waals surface area contributed by atoms with Gasteiger partial charge in [-0.3, -0.25) is 0 Å². The average Bonchev–Trinajstić information content (AvgIpc) is 2.52. The molecule has 0 aliphatic heterocycles. The molecule has 2 aromatic carbocycles. The molecule has 0 aliphatic rings. The van der Waals surface area contributed by atoms with Crippen LogP contribution in [-0.4, -0.2) is 14.2 Å². The smallest absolute Gasteiger partial charge is 0.161 e. The third-order valence-electron chi connectivity index (χ3n) is 3.38. The number of ether oxygens (including phenoxy) is 2. The molecule has 4 heteroatoms. The van der Waals surface area contributed by atoms with Crippen LogP contribution in [0.25, 0.3) is 0 Å². The Labute approximate surface area is 130 Å². The van der Waals surface area contributed by atoms with E-state index in [1.807, 2.05) is 42.5 Å². The van der Waals surface area contributed by atoms with Gasteiger partial charge in [0.15, 0.2) is 11.5 Å². The highest BCUT2D eigenvalue weighted by molar-refractivity contribution is 6.30. The lowest BCUT2D eigenvalue weighted by Crippen LogP contribution is -2.10. The molecule has 1 atom stereocenters. The van der Waals surface area contributed by atoms with Gasteiger partial charge in [-0.15, -0.1) is 0 Å². The molecular formula is C17H20ClNO2. The quantitative estimate of drug-likeness (QED) is 0.821. The molecule has 0 saturated carbocycles. The van der Waals surface area contributed by atoms with Crippen molar-refractivity contribution in [3.63, 3.8) is 0 Å². The van der Waals surface area contributed by atoms with Gasteiger partial charge in [0.05, 0.1) is 20.3 Å². The van der Waals surface area contributed by atoms with Crippen LogP contribution in [-0.2, 0) is 0 Å². The van der Waals surface area contributed by atoms with E-state index >= 15 is 0 Å². The topological polar surface area (TPSA) is 30.5 Å². The lowest BCUT2D eigenvalue weighted by atomic mass is 10.0. The van der Waals surface area contributed by atoms with Crippen LogP contribution in [0.4, 0.5) is 5.69 Å². The molecule has 2 rings (SSSR count). The minimum absolute atomic E-state index is 0.184. The van der Waals surface area contributed by atoms with E-state index in [0.29, 0.717) is 0 Å². The largest absolute Gasteiger partial charge is 0.493 e. The highest BCUT2D eigenvalue weighted by atomic mass is 35.5. The Hall–Kier alpha value is -1.87. The third kappa shape index (κ3) is 3.82. The zero-order chi connectivity index (χ0) is 15.2. The lowest BCUT2D eigenvalue weighted by molar-refractivity contribution is 0.354. The summed E-state index contributed by atoms with van der Waals surface area (Å²) in [6.07, 6.45) is 0.946. The number of benzene rings is 2. The van der Waals surface area contributed by atoms with Crippen LogP contribution >= 0.6 is 11.6 Å². The van der Waals surface area contributed by atoms with Crippen molar-refractivity contribution >= 4 is 17.3 Å². The summed E-state index contributed by atoms with van der Waals surface area (Å²) in [6, 6.07) is 13.9. The molecule has 0 heterocycles. The monoisotopic (exact) mass is 305 g/mol. The van der Waals surface area contributed by atoms with Crippen LogP contribution in [0.3, 0.4) is 0 Å². The first-order chi connectivity index (χ1) is 10.2. The van der Waals surface area contributed by atoms with Gasteiger partial charge in [0.1, 0.15) is 0 Å². The fourth-order valence-corrected chi connectivity index (χ4v) is 2.46. The van der Waals surface area contributed by atoms with Crippen molar-refractivity contribution in [3.8, 4) is 11.5 Å². The van der Waals surface area contributed by atoms with E-state index < -0.39 is 0 Å². The SMILES string of the molecule is CCC(Nc1cccc(Cl)c1)c1ccc(OC)c(OC)c1. The van der Waals surface area contributed by atoms with Gasteiger partial charge in [0.25, 0.3) is 0 Å². The molecule has 0 radical (unpaired) electrons. The minimum Gasteiger partial charge on any atom is -0.493 e. The van der Waals surface area contributed by atoms with Crippen LogP contribution in [0.2, 0.25) is 5.02 Å². The summed E-state index contributed by atoms with van der Waals surface area (Å²) < 4.78 is 10.6. The Kier molecular flexibility index (Phi) is 5.34. The van der Waals surface area contributed by atoms with E-state index in [1.165, 1.54) is 0 Å². The van der Waals surface area contributed by atoms with Gasteiger partial charge < -0.3 is 14.8 Å². The van der Waals surface area contributed by atoms with Gasteiger partial charge in [-0.1, -0.05) is 30.7 Å². The summed E-state index contributed by atoms with van der Waals surface area (Å²) in [5, 5.41) is 4.22. The number of halogens is 1. The fourth-order valence-electron chi connectivity index (χ4n) is 2.27. The maximum absolute atomic E-state index is 6.03. The summed E-state index contributed by atoms with van der Waals surface area (Å²) in [5.41, 5.74) is 2.15. The molecule has 0 aromatic heterocycles. The van der Waals surface area contributed by atoms with Crippen molar-refractivity contribution in [1.29, 1.82) is 0 Å². The summed E-state index contributed by atoms with van der Waals surface area (Å²) in [6.45, 7) is 2.14. The molecule has 0 amide bonds. The average molecular weight is 306 g/mol. The Morgan fingerprint density at radius 1 is 1.05 bits per heavy atom. The number of hydrogen-bond donors (Lipinski definition) is 1. The van der Waals surface area contributed by atoms with Crippen molar-refractivity contribution in [3.05, 3.63) is 53.1 Å². The van der Waals surface area contributed by atoms with Gasteiger partial charge in [0, 0.05) is 10.7 Å². The van der Waals surface area contributed by atoms with Gasteiger partial charge in [0.2, 0.25) is 0 Å². The Balaban J connectivity index is 2.25. The van der Waals surface area contributed by atoms with E-state index in [4.69, 9.17) is 21.1 Å². The van der Waals surface area contributed by atoms with Crippen molar-refractivity contribution in [2.45, 2.75) is 19.4 Å². The third-order valence-corrected chi connectivity index (χ3v) is 3.62. The van der Waals surface area contributed by atoms with Crippen molar-refractivity contribution < 1.29 is 9.47 Å². The standard InChI is InChI=1S/C17H20ClNO2/c1-4-15(19-14-7-5-6-13(18)11-14)12-8-9-16(20-2)17(10-12)21-3/h5-11,15,19H,4H2,1-3H3. The van der Waals surface area contributed by atoms with Gasteiger partial charge >= 0.3 is 0 Å². The molecule has 1 N–H and O–H groups in total. The van der Waals surface area contributed by atoms with Crippen LogP contribution in [0.15, 0.2) is 42.5 Å². The molecule has 0 saturated heterocycles. The number of hydrogen-bond acceptors (Lipinski definition) is 3. The van der Waals surface area contributed by atoms with Crippen LogP contribution in [0.1, 0.15) is 24.9 Å². The highest BCUT2D eigenvalue weighted by Gasteiger charge is 2.13. The molecule has 2 aromatic rings. The van der Waals surface area contributed by atoms with Crippen LogP contribution in [0.5, 0.6) is 11.5 Å². The van der Waals surface area contributed by atoms with Gasteiger partial charge in [-0.05, 0) is 42.3 Å². The maximum atomic E-state index is 6.03. The summed E-state index contributed by atoms with van der Waals surface area (Å²) in [5.74, 6) is 1.47. The number of nitrogens with one attached hydrogen (secondary N) is 1. The maximum Gasteiger partial charge on any atom is 0.161 e. The van der Waals surface area contributed by atoms with Crippen LogP contribution in [0, 0.1) is 0 Å². The second-order valence-corrected chi connectivity index (χ2v) is 5.17. The van der Waals surface area contributed by atoms with Crippen LogP contribution < -0.4 is 14.8 Å². The predicted octanol–water partition coefficient (Wildman–Crippen LogP) is 4.92. The second kappa shape index (κ2) is 7.23. The zero-order valence-corrected chi connectivity index (χ0v) is 13.3. The number of methoxy groups -OCH3 is 2. The zero-order valence-electron chi connectivity index (χ0n) is 12.5. The summed E-state index contributed by atoms with van der Waals surface area (Å²) in [7, 11) is 3.28. The summed E-state index contributed by atoms with van der Waals surface area (Å²) >= 11 is 6.03. The minimum atomic E-state index is 0.184. The summed E-state index contributed by atoms with van der Waals surface area (Å²) in [4.78, 5) is 0. The Morgan fingerprint density at radius 2 is 1.81 bits per heavy atom. The first-order valence-electron chi connectivity index (χ1n) is 6.92. The van der Waals surface area contributed by atoms with Crippen molar-refractivity contribution in [2.24, 2.45) is 0 Å². The molecule has 0 spiro atoms. The highest BCUT2D eigenvalue weighted by Crippen LogP contribution is 2.32. The predicted molar refractivity (Wildman–Crippen MR) is 87.7 cm³/mol. The number of rotatable bonds is 6. The molecular weight excluding hydrogens is 286 g/mol. The van der Waals surface area contributed by atoms with E-state index in [9.17, 15) is 0 Å². The van der Waals surface area contributed by atoms with Gasteiger partial charge in [-0.2, -0.15) is 0 Å². The normalized spacial score (nSPS) is 11.8. The van der Waals surface area contributed by atoms with E-state index in [-0.39, 0.29) is 6.04 Å². The molecule has 3 nitrogen and oxygen atoms in total. The van der Waals surface area contributed by atoms with E-state index in [2.05, 4.69) is 12.2 Å². The molecule has 1 unspecified atom stereocenters. The van der Waals surface area contributed by atoms with Gasteiger partial charge in [-0.25, -0.2) is 0 Å². The van der Waals surface area contributed by atoms with Crippen molar-refractivity contribution in [2.75, 3.05) is 19.5 Å². The molecule has 0 fully saturated rings. The Bertz CT molecular complexity index is 601. The molecule has 112 valence electrons. The van der Waals surface area contributed by atoms with Crippen molar-refractivity contribution in [1.82, 2.24) is 0 Å². The lowest BCUT2D eigenvalue weighted by Gasteiger charge is -2.20. The number of anilines is 1. The first kappa shape index (κ1) is 15.5. The first-order valence-corrected chi connectivity index (χ1v) is 7.29.